The number of hydrogen-bond acceptors (Lipinski definition) is 2. The van der Waals surface area contributed by atoms with E-state index in [1.807, 2.05) is 0 Å². The summed E-state index contributed by atoms with van der Waals surface area (Å²) in [7, 11) is 2.18. The van der Waals surface area contributed by atoms with Crippen molar-refractivity contribution < 1.29 is 8.98 Å². The van der Waals surface area contributed by atoms with E-state index in [1.54, 1.807) is 0 Å². The van der Waals surface area contributed by atoms with Crippen molar-refractivity contribution in [2.24, 2.45) is 7.05 Å². The molecule has 4 heteroatoms. The van der Waals surface area contributed by atoms with Gasteiger partial charge in [0, 0.05) is 16.7 Å². The van der Waals surface area contributed by atoms with Crippen molar-refractivity contribution in [3.8, 4) is 39.7 Å². The smallest absolute Gasteiger partial charge is 0.297 e. The van der Waals surface area contributed by atoms with Crippen LogP contribution >= 0.6 is 0 Å². The van der Waals surface area contributed by atoms with E-state index in [0.29, 0.717) is 17.7 Å². The van der Waals surface area contributed by atoms with Crippen LogP contribution in [0.1, 0.15) is 67.3 Å². The zero-order valence-corrected chi connectivity index (χ0v) is 28.1. The van der Waals surface area contributed by atoms with Crippen LogP contribution in [0.25, 0.3) is 61.8 Å². The van der Waals surface area contributed by atoms with Crippen LogP contribution in [0.3, 0.4) is 0 Å². The van der Waals surface area contributed by atoms with E-state index >= 15 is 0 Å². The van der Waals surface area contributed by atoms with Gasteiger partial charge in [-0.3, -0.25) is 0 Å². The Morgan fingerprint density at radius 1 is 0.652 bits per heavy atom. The lowest BCUT2D eigenvalue weighted by molar-refractivity contribution is -0.633. The first-order valence-corrected chi connectivity index (χ1v) is 16.4. The van der Waals surface area contributed by atoms with Crippen LogP contribution in [0.15, 0.2) is 101 Å². The van der Waals surface area contributed by atoms with Gasteiger partial charge in [0.05, 0.1) is 12.6 Å². The van der Waals surface area contributed by atoms with Crippen molar-refractivity contribution in [3.05, 3.63) is 125 Å². The summed E-state index contributed by atoms with van der Waals surface area (Å²) in [5.74, 6) is 2.37. The molecule has 7 aromatic rings. The van der Waals surface area contributed by atoms with Crippen LogP contribution in [-0.2, 0) is 7.05 Å². The van der Waals surface area contributed by atoms with Crippen LogP contribution in [0.4, 0.5) is 0 Å². The van der Waals surface area contributed by atoms with Gasteiger partial charge >= 0.3 is 0 Å². The molecule has 0 N–H and O–H groups in total. The predicted molar refractivity (Wildman–Crippen MR) is 191 cm³/mol. The van der Waals surface area contributed by atoms with Crippen molar-refractivity contribution >= 4 is 22.1 Å². The minimum Gasteiger partial charge on any atom is -0.436 e. The number of hydrogen-bond donors (Lipinski definition) is 0. The average molecular weight is 605 g/mol. The summed E-state index contributed by atoms with van der Waals surface area (Å²) in [6, 6.07) is 34.9. The minimum atomic E-state index is 0.301. The summed E-state index contributed by atoms with van der Waals surface area (Å²) in [5.41, 5.74) is 16.1. The second-order valence-corrected chi connectivity index (χ2v) is 13.3. The van der Waals surface area contributed by atoms with Crippen molar-refractivity contribution in [2.75, 3.05) is 0 Å². The fourth-order valence-corrected chi connectivity index (χ4v) is 7.07. The van der Waals surface area contributed by atoms with Crippen molar-refractivity contribution in [2.45, 2.75) is 60.3 Å². The number of para-hydroxylation sites is 2. The molecule has 0 bridgehead atoms. The summed E-state index contributed by atoms with van der Waals surface area (Å²) in [6.45, 7) is 15.7. The molecule has 2 heterocycles. The number of aryl methyl sites for hydroxylation is 4. The summed E-state index contributed by atoms with van der Waals surface area (Å²) in [5, 5.41) is 0. The Morgan fingerprint density at radius 2 is 1.26 bits per heavy atom. The van der Waals surface area contributed by atoms with Gasteiger partial charge in [-0.05, 0) is 90.8 Å². The van der Waals surface area contributed by atoms with Crippen molar-refractivity contribution in [3.63, 3.8) is 0 Å². The third-order valence-electron chi connectivity index (χ3n) is 9.44. The van der Waals surface area contributed by atoms with Gasteiger partial charge in [-0.25, -0.2) is 9.55 Å². The zero-order chi connectivity index (χ0) is 32.3. The minimum absolute atomic E-state index is 0.301. The van der Waals surface area contributed by atoms with E-state index in [2.05, 4.69) is 162 Å². The number of benzene rings is 5. The molecule has 0 aliphatic heterocycles. The maximum Gasteiger partial charge on any atom is 0.297 e. The normalized spacial score (nSPS) is 11.9. The van der Waals surface area contributed by atoms with Crippen LogP contribution in [0.2, 0.25) is 0 Å². The van der Waals surface area contributed by atoms with E-state index in [4.69, 9.17) is 9.40 Å². The van der Waals surface area contributed by atoms with E-state index in [1.165, 1.54) is 39.0 Å². The van der Waals surface area contributed by atoms with Gasteiger partial charge in [-0.2, -0.15) is 4.57 Å². The molecule has 0 aliphatic carbocycles. The first-order chi connectivity index (χ1) is 22.2. The summed E-state index contributed by atoms with van der Waals surface area (Å²) in [6.07, 6.45) is 0. The molecule has 2 aromatic heterocycles. The molecule has 230 valence electrons. The molecule has 0 fully saturated rings. The number of imidazole rings is 1. The summed E-state index contributed by atoms with van der Waals surface area (Å²) < 4.78 is 11.4. The van der Waals surface area contributed by atoms with E-state index < -0.39 is 0 Å². The highest BCUT2D eigenvalue weighted by atomic mass is 16.3. The first-order valence-electron chi connectivity index (χ1n) is 16.4. The Bertz CT molecular complexity index is 2200. The lowest BCUT2D eigenvalue weighted by Crippen LogP contribution is -2.30. The second-order valence-electron chi connectivity index (χ2n) is 13.3. The molecule has 0 unspecified atom stereocenters. The van der Waals surface area contributed by atoms with Crippen molar-refractivity contribution in [1.29, 1.82) is 0 Å². The SMILES string of the molecule is Cc1cccc(C)c1-c1nc2c(-c3n(-c4c(C(C)C)cc(-c5ccccc5)cc4C(C)C)c4ccccc4[n+]3C)c(C)ccc2o1. The predicted octanol–water partition coefficient (Wildman–Crippen LogP) is 10.8. The van der Waals surface area contributed by atoms with Crippen LogP contribution in [0, 0.1) is 20.8 Å². The molecule has 5 aromatic carbocycles. The maximum absolute atomic E-state index is 6.55. The maximum atomic E-state index is 6.55. The van der Waals surface area contributed by atoms with Crippen LogP contribution in [-0.4, -0.2) is 9.55 Å². The number of aromatic nitrogens is 3. The Morgan fingerprint density at radius 3 is 1.91 bits per heavy atom. The lowest BCUT2D eigenvalue weighted by atomic mass is 9.88. The van der Waals surface area contributed by atoms with Gasteiger partial charge in [0.25, 0.3) is 5.82 Å². The largest absolute Gasteiger partial charge is 0.436 e. The standard InChI is InChI=1S/C42H42N3O/c1-25(2)32-23-31(30-17-10-9-11-18-30)24-33(26(3)4)40(32)45-35-20-13-12-19-34(35)44(8)42(45)38-29(7)21-22-36-39(38)43-41(46-36)37-27(5)15-14-16-28(37)6/h9-26H,1-8H3/q+1. The topological polar surface area (TPSA) is 34.8 Å². The van der Waals surface area contributed by atoms with Gasteiger partial charge in [0.15, 0.2) is 16.6 Å². The molecular weight excluding hydrogens is 562 g/mol. The number of nitrogens with zero attached hydrogens (tertiary/aromatic N) is 3. The van der Waals surface area contributed by atoms with Gasteiger partial charge < -0.3 is 4.42 Å². The Kier molecular flexibility index (Phi) is 7.39. The highest BCUT2D eigenvalue weighted by molar-refractivity contribution is 5.94. The van der Waals surface area contributed by atoms with Gasteiger partial charge in [0.2, 0.25) is 5.89 Å². The van der Waals surface area contributed by atoms with Crippen LogP contribution < -0.4 is 4.57 Å². The molecule has 0 aliphatic rings. The molecule has 0 amide bonds. The fraction of sp³-hybridized carbons (Fsp3) is 0.238. The molecule has 4 nitrogen and oxygen atoms in total. The van der Waals surface area contributed by atoms with Crippen molar-refractivity contribution in [1.82, 2.24) is 9.55 Å². The molecule has 46 heavy (non-hydrogen) atoms. The Labute approximate surface area is 272 Å². The molecule has 0 atom stereocenters. The Hall–Kier alpha value is -4.96. The first kappa shape index (κ1) is 29.7. The van der Waals surface area contributed by atoms with Crippen LogP contribution in [0.5, 0.6) is 0 Å². The van der Waals surface area contributed by atoms with E-state index in [-0.39, 0.29) is 0 Å². The monoisotopic (exact) mass is 604 g/mol. The molecule has 0 saturated heterocycles. The molecule has 7 rings (SSSR count). The highest BCUT2D eigenvalue weighted by Crippen LogP contribution is 2.42. The molecule has 0 radical (unpaired) electrons. The van der Waals surface area contributed by atoms with Gasteiger partial charge in [0.1, 0.15) is 11.2 Å². The van der Waals surface area contributed by atoms with Gasteiger partial charge in [-0.1, -0.05) is 94.4 Å². The lowest BCUT2D eigenvalue weighted by Gasteiger charge is -2.21. The molecular formula is C42H42N3O+. The highest BCUT2D eigenvalue weighted by Gasteiger charge is 2.34. The Balaban J connectivity index is 1.60. The van der Waals surface area contributed by atoms with Gasteiger partial charge in [-0.15, -0.1) is 0 Å². The van der Waals surface area contributed by atoms with E-state index in [9.17, 15) is 0 Å². The number of oxazole rings is 1. The average Bonchev–Trinajstić information content (AvgIpc) is 3.59. The van der Waals surface area contributed by atoms with E-state index in [0.717, 1.165) is 44.7 Å². The third-order valence-corrected chi connectivity index (χ3v) is 9.44. The number of rotatable bonds is 6. The zero-order valence-electron chi connectivity index (χ0n) is 28.1. The summed E-state index contributed by atoms with van der Waals surface area (Å²) in [4.78, 5) is 5.26. The molecule has 0 saturated carbocycles. The fourth-order valence-electron chi connectivity index (χ4n) is 7.07. The number of fused-ring (bicyclic) bond motifs is 2. The second kappa shape index (κ2) is 11.4. The molecule has 0 spiro atoms. The quantitative estimate of drug-likeness (QED) is 0.177. The summed E-state index contributed by atoms with van der Waals surface area (Å²) >= 11 is 0. The third kappa shape index (κ3) is 4.75.